The van der Waals surface area contributed by atoms with E-state index in [0.29, 0.717) is 17.3 Å². The number of ether oxygens (including phenoxy) is 1. The summed E-state index contributed by atoms with van der Waals surface area (Å²) in [5, 5.41) is 13.7. The molecule has 7 nitrogen and oxygen atoms in total. The third kappa shape index (κ3) is 4.37. The minimum absolute atomic E-state index is 0.146. The second-order valence-electron chi connectivity index (χ2n) is 5.51. The number of tetrazole rings is 1. The Morgan fingerprint density at radius 1 is 1.30 bits per heavy atom. The number of carbonyl (C=O) groups is 1. The standard InChI is InChI=1S/C18H15BrFN5O2/c1-11-22-23-24-25(11)16-10-14(5-6-15(16)20)21-18(26)8-3-12-9-13(19)4-7-17(12)27-2/h3-10H,1-2H3,(H,21,26)/b8-3+. The molecule has 0 atom stereocenters. The van der Waals surface area contributed by atoms with Crippen LogP contribution in [-0.4, -0.2) is 33.2 Å². The van der Waals surface area contributed by atoms with E-state index in [-0.39, 0.29) is 11.6 Å². The first-order valence-corrected chi connectivity index (χ1v) is 8.65. The highest BCUT2D eigenvalue weighted by Gasteiger charge is 2.11. The molecule has 0 aliphatic rings. The van der Waals surface area contributed by atoms with Gasteiger partial charge >= 0.3 is 0 Å². The van der Waals surface area contributed by atoms with Gasteiger partial charge < -0.3 is 10.1 Å². The van der Waals surface area contributed by atoms with Crippen molar-refractivity contribution in [3.8, 4) is 11.4 Å². The zero-order chi connectivity index (χ0) is 19.4. The van der Waals surface area contributed by atoms with E-state index in [0.717, 1.165) is 10.0 Å². The number of carbonyl (C=O) groups excluding carboxylic acids is 1. The molecule has 3 aromatic rings. The van der Waals surface area contributed by atoms with Crippen molar-refractivity contribution >= 4 is 33.6 Å². The summed E-state index contributed by atoms with van der Waals surface area (Å²) in [6, 6.07) is 9.64. The fourth-order valence-electron chi connectivity index (χ4n) is 2.39. The highest BCUT2D eigenvalue weighted by molar-refractivity contribution is 9.10. The van der Waals surface area contributed by atoms with E-state index in [1.165, 1.54) is 29.0 Å². The van der Waals surface area contributed by atoms with E-state index < -0.39 is 5.82 Å². The normalized spacial score (nSPS) is 11.0. The lowest BCUT2D eigenvalue weighted by molar-refractivity contribution is -0.111. The van der Waals surface area contributed by atoms with Crippen LogP contribution in [0.1, 0.15) is 11.4 Å². The maximum Gasteiger partial charge on any atom is 0.248 e. The third-order valence-corrected chi connectivity index (χ3v) is 4.17. The average Bonchev–Trinajstić information content (AvgIpc) is 3.07. The fourth-order valence-corrected chi connectivity index (χ4v) is 2.77. The van der Waals surface area contributed by atoms with Gasteiger partial charge in [-0.3, -0.25) is 4.79 Å². The lowest BCUT2D eigenvalue weighted by Crippen LogP contribution is -2.09. The summed E-state index contributed by atoms with van der Waals surface area (Å²) >= 11 is 3.38. The molecule has 0 fully saturated rings. The minimum atomic E-state index is -0.502. The molecule has 9 heteroatoms. The number of hydrogen-bond acceptors (Lipinski definition) is 5. The van der Waals surface area contributed by atoms with Crippen LogP contribution >= 0.6 is 15.9 Å². The SMILES string of the molecule is COc1ccc(Br)cc1/C=C/C(=O)Nc1ccc(F)c(-n2nnnc2C)c1. The number of halogens is 2. The number of nitrogens with one attached hydrogen (secondary N) is 1. The van der Waals surface area contributed by atoms with Crippen molar-refractivity contribution in [3.05, 3.63) is 64.2 Å². The van der Waals surface area contributed by atoms with Gasteiger partial charge in [0.15, 0.2) is 5.82 Å². The van der Waals surface area contributed by atoms with Gasteiger partial charge in [0.2, 0.25) is 5.91 Å². The number of methoxy groups -OCH3 is 1. The molecule has 2 aromatic carbocycles. The molecule has 1 amide bonds. The molecule has 0 radical (unpaired) electrons. The van der Waals surface area contributed by atoms with E-state index in [1.54, 1.807) is 26.2 Å². The Morgan fingerprint density at radius 3 is 2.81 bits per heavy atom. The Labute approximate surface area is 163 Å². The predicted molar refractivity (Wildman–Crippen MR) is 102 cm³/mol. The quantitative estimate of drug-likeness (QED) is 0.624. The minimum Gasteiger partial charge on any atom is -0.496 e. The number of rotatable bonds is 5. The molecule has 0 unspecified atom stereocenters. The second-order valence-corrected chi connectivity index (χ2v) is 6.43. The van der Waals surface area contributed by atoms with E-state index in [1.807, 2.05) is 12.1 Å². The van der Waals surface area contributed by atoms with Crippen molar-refractivity contribution in [1.29, 1.82) is 0 Å². The van der Waals surface area contributed by atoms with Gasteiger partial charge in [0, 0.05) is 21.8 Å². The first-order chi connectivity index (χ1) is 13.0. The Bertz CT molecular complexity index is 1020. The van der Waals surface area contributed by atoms with E-state index >= 15 is 0 Å². The van der Waals surface area contributed by atoms with Gasteiger partial charge in [0.05, 0.1) is 7.11 Å². The molecule has 0 bridgehead atoms. The lowest BCUT2D eigenvalue weighted by atomic mass is 10.2. The van der Waals surface area contributed by atoms with Crippen molar-refractivity contribution in [2.24, 2.45) is 0 Å². The van der Waals surface area contributed by atoms with Crippen LogP contribution in [0.25, 0.3) is 11.8 Å². The maximum absolute atomic E-state index is 14.1. The van der Waals surface area contributed by atoms with Gasteiger partial charge in [-0.15, -0.1) is 5.10 Å². The highest BCUT2D eigenvalue weighted by atomic mass is 79.9. The van der Waals surface area contributed by atoms with Crippen LogP contribution in [0.2, 0.25) is 0 Å². The molecule has 1 N–H and O–H groups in total. The number of anilines is 1. The Kier molecular flexibility index (Phi) is 5.60. The number of hydrogen-bond donors (Lipinski definition) is 1. The zero-order valence-electron chi connectivity index (χ0n) is 14.5. The van der Waals surface area contributed by atoms with E-state index in [9.17, 15) is 9.18 Å². The summed E-state index contributed by atoms with van der Waals surface area (Å²) < 4.78 is 21.5. The number of aromatic nitrogens is 4. The predicted octanol–water partition coefficient (Wildman–Crippen LogP) is 3.53. The van der Waals surface area contributed by atoms with Crippen LogP contribution < -0.4 is 10.1 Å². The van der Waals surface area contributed by atoms with Crippen LogP contribution in [-0.2, 0) is 4.79 Å². The number of nitrogens with zero attached hydrogens (tertiary/aromatic N) is 4. The highest BCUT2D eigenvalue weighted by Crippen LogP contribution is 2.24. The lowest BCUT2D eigenvalue weighted by Gasteiger charge is -2.08. The first kappa shape index (κ1) is 18.7. The molecular weight excluding hydrogens is 417 g/mol. The van der Waals surface area contributed by atoms with Crippen molar-refractivity contribution in [3.63, 3.8) is 0 Å². The van der Waals surface area contributed by atoms with Gasteiger partial charge in [0.1, 0.15) is 17.3 Å². The number of aryl methyl sites for hydroxylation is 1. The molecule has 1 aromatic heterocycles. The molecule has 3 rings (SSSR count). The van der Waals surface area contributed by atoms with Crippen molar-refractivity contribution in [2.45, 2.75) is 6.92 Å². The van der Waals surface area contributed by atoms with Gasteiger partial charge in [-0.2, -0.15) is 4.68 Å². The monoisotopic (exact) mass is 431 g/mol. The van der Waals surface area contributed by atoms with Crippen LogP contribution in [0.3, 0.4) is 0 Å². The topological polar surface area (TPSA) is 81.9 Å². The largest absolute Gasteiger partial charge is 0.496 e. The fraction of sp³-hybridized carbons (Fsp3) is 0.111. The summed E-state index contributed by atoms with van der Waals surface area (Å²) in [5.41, 5.74) is 1.30. The summed E-state index contributed by atoms with van der Waals surface area (Å²) in [6.07, 6.45) is 3.00. The molecular formula is C18H15BrFN5O2. The summed E-state index contributed by atoms with van der Waals surface area (Å²) in [4.78, 5) is 12.2. The molecule has 1 heterocycles. The van der Waals surface area contributed by atoms with Gasteiger partial charge in [0.25, 0.3) is 0 Å². The van der Waals surface area contributed by atoms with Gasteiger partial charge in [-0.25, -0.2) is 4.39 Å². The van der Waals surface area contributed by atoms with Crippen LogP contribution in [0.15, 0.2) is 46.9 Å². The average molecular weight is 432 g/mol. The summed E-state index contributed by atoms with van der Waals surface area (Å²) in [7, 11) is 1.56. The molecule has 0 saturated heterocycles. The summed E-state index contributed by atoms with van der Waals surface area (Å²) in [6.45, 7) is 1.65. The number of amides is 1. The molecule has 0 spiro atoms. The third-order valence-electron chi connectivity index (χ3n) is 3.67. The maximum atomic E-state index is 14.1. The molecule has 0 aliphatic carbocycles. The second kappa shape index (κ2) is 8.09. The summed E-state index contributed by atoms with van der Waals surface area (Å²) in [5.74, 6) is 0.195. The Morgan fingerprint density at radius 2 is 2.11 bits per heavy atom. The molecule has 0 saturated carbocycles. The zero-order valence-corrected chi connectivity index (χ0v) is 16.1. The Balaban J connectivity index is 1.79. The van der Waals surface area contributed by atoms with Crippen LogP contribution in [0, 0.1) is 12.7 Å². The number of benzene rings is 2. The van der Waals surface area contributed by atoms with E-state index in [2.05, 4.69) is 36.8 Å². The van der Waals surface area contributed by atoms with Crippen molar-refractivity contribution in [2.75, 3.05) is 12.4 Å². The first-order valence-electron chi connectivity index (χ1n) is 7.85. The molecule has 138 valence electrons. The van der Waals surface area contributed by atoms with Crippen LogP contribution in [0.4, 0.5) is 10.1 Å². The molecule has 0 aliphatic heterocycles. The van der Waals surface area contributed by atoms with Crippen molar-refractivity contribution in [1.82, 2.24) is 20.2 Å². The van der Waals surface area contributed by atoms with Crippen LogP contribution in [0.5, 0.6) is 5.75 Å². The smallest absolute Gasteiger partial charge is 0.248 e. The van der Waals surface area contributed by atoms with Crippen molar-refractivity contribution < 1.29 is 13.9 Å². The van der Waals surface area contributed by atoms with Gasteiger partial charge in [-0.1, -0.05) is 15.9 Å². The molecule has 27 heavy (non-hydrogen) atoms. The van der Waals surface area contributed by atoms with Gasteiger partial charge in [-0.05, 0) is 59.8 Å². The Hall–Kier alpha value is -3.07. The van der Waals surface area contributed by atoms with E-state index in [4.69, 9.17) is 4.74 Å².